The highest BCUT2D eigenvalue weighted by atomic mass is 35.5. The summed E-state index contributed by atoms with van der Waals surface area (Å²) in [5.41, 5.74) is 2.29. The van der Waals surface area contributed by atoms with Crippen LogP contribution in [-0.2, 0) is 6.54 Å². The van der Waals surface area contributed by atoms with Crippen molar-refractivity contribution in [1.29, 1.82) is 0 Å². The molecule has 0 unspecified atom stereocenters. The predicted octanol–water partition coefficient (Wildman–Crippen LogP) is 3.03. The fourth-order valence-electron chi connectivity index (χ4n) is 1.66. The third-order valence-electron chi connectivity index (χ3n) is 2.48. The molecule has 0 atom stereocenters. The summed E-state index contributed by atoms with van der Waals surface area (Å²) in [5, 5.41) is 8.22. The second-order valence-electron chi connectivity index (χ2n) is 3.95. The molecule has 0 spiro atoms. The van der Waals surface area contributed by atoms with Crippen molar-refractivity contribution >= 4 is 11.6 Å². The van der Waals surface area contributed by atoms with Gasteiger partial charge in [-0.2, -0.15) is 5.10 Å². The topological polar surface area (TPSA) is 29.9 Å². The number of nitrogens with zero attached hydrogens (tertiary/aromatic N) is 2. The van der Waals surface area contributed by atoms with Crippen LogP contribution in [0.15, 0.2) is 36.7 Å². The molecule has 0 aliphatic heterocycles. The molecule has 3 nitrogen and oxygen atoms in total. The van der Waals surface area contributed by atoms with Crippen LogP contribution in [0.3, 0.4) is 0 Å². The summed E-state index contributed by atoms with van der Waals surface area (Å²) in [6.45, 7) is 4.09. The number of benzene rings is 1. The zero-order valence-corrected chi connectivity index (χ0v) is 10.6. The fraction of sp³-hybridized carbons (Fsp3) is 0.308. The Balaban J connectivity index is 2.11. The lowest BCUT2D eigenvalue weighted by Crippen LogP contribution is -2.13. The van der Waals surface area contributed by atoms with Crippen molar-refractivity contribution in [3.8, 4) is 5.69 Å². The Kier molecular flexibility index (Phi) is 4.18. The van der Waals surface area contributed by atoms with Gasteiger partial charge in [-0.15, -0.1) is 0 Å². The molecular formula is C13H16ClN3. The SMILES string of the molecule is CCCNCc1cccc(-n2cc(Cl)cn2)c1. The first-order valence-electron chi connectivity index (χ1n) is 5.80. The van der Waals surface area contributed by atoms with Crippen LogP contribution in [-0.4, -0.2) is 16.3 Å². The molecule has 0 bridgehead atoms. The summed E-state index contributed by atoms with van der Waals surface area (Å²) in [7, 11) is 0. The Bertz CT molecular complexity index is 479. The molecule has 90 valence electrons. The van der Waals surface area contributed by atoms with Gasteiger partial charge in [-0.3, -0.25) is 0 Å². The number of nitrogens with one attached hydrogen (secondary N) is 1. The Labute approximate surface area is 106 Å². The van der Waals surface area contributed by atoms with E-state index in [1.807, 2.05) is 12.1 Å². The third-order valence-corrected chi connectivity index (χ3v) is 2.68. The molecule has 1 aromatic carbocycles. The standard InChI is InChI=1S/C13H16ClN3/c1-2-6-15-8-11-4-3-5-13(7-11)17-10-12(14)9-16-17/h3-5,7,9-10,15H,2,6,8H2,1H3. The minimum atomic E-state index is 0.652. The molecule has 0 aliphatic carbocycles. The van der Waals surface area contributed by atoms with Crippen molar-refractivity contribution in [3.63, 3.8) is 0 Å². The largest absolute Gasteiger partial charge is 0.313 e. The minimum absolute atomic E-state index is 0.652. The van der Waals surface area contributed by atoms with Gasteiger partial charge in [0, 0.05) is 12.7 Å². The van der Waals surface area contributed by atoms with Crippen molar-refractivity contribution in [1.82, 2.24) is 15.1 Å². The van der Waals surface area contributed by atoms with Gasteiger partial charge in [-0.25, -0.2) is 4.68 Å². The molecule has 0 aliphatic rings. The molecule has 17 heavy (non-hydrogen) atoms. The van der Waals surface area contributed by atoms with Gasteiger partial charge in [-0.1, -0.05) is 30.7 Å². The van der Waals surface area contributed by atoms with Gasteiger partial charge in [0.1, 0.15) is 0 Å². The highest BCUT2D eigenvalue weighted by Gasteiger charge is 2.00. The fourth-order valence-corrected chi connectivity index (χ4v) is 1.80. The van der Waals surface area contributed by atoms with E-state index in [0.717, 1.165) is 25.2 Å². The van der Waals surface area contributed by atoms with Crippen molar-refractivity contribution in [2.75, 3.05) is 6.54 Å². The average molecular weight is 250 g/mol. The Morgan fingerprint density at radius 1 is 1.41 bits per heavy atom. The van der Waals surface area contributed by atoms with Gasteiger partial charge in [0.25, 0.3) is 0 Å². The summed E-state index contributed by atoms with van der Waals surface area (Å²) in [5.74, 6) is 0. The zero-order valence-electron chi connectivity index (χ0n) is 9.86. The normalized spacial score (nSPS) is 10.7. The van der Waals surface area contributed by atoms with E-state index >= 15 is 0 Å². The van der Waals surface area contributed by atoms with Crippen LogP contribution in [0.25, 0.3) is 5.69 Å². The van der Waals surface area contributed by atoms with Crippen molar-refractivity contribution in [2.45, 2.75) is 19.9 Å². The van der Waals surface area contributed by atoms with E-state index < -0.39 is 0 Å². The van der Waals surface area contributed by atoms with Crippen LogP contribution < -0.4 is 5.32 Å². The number of hydrogen-bond donors (Lipinski definition) is 1. The van der Waals surface area contributed by atoms with E-state index in [0.29, 0.717) is 5.02 Å². The van der Waals surface area contributed by atoms with E-state index in [4.69, 9.17) is 11.6 Å². The Morgan fingerprint density at radius 3 is 3.00 bits per heavy atom. The second-order valence-corrected chi connectivity index (χ2v) is 4.39. The third kappa shape index (κ3) is 3.32. The van der Waals surface area contributed by atoms with Crippen molar-refractivity contribution in [2.24, 2.45) is 0 Å². The summed E-state index contributed by atoms with van der Waals surface area (Å²) in [4.78, 5) is 0. The second kappa shape index (κ2) is 5.84. The number of hydrogen-bond acceptors (Lipinski definition) is 2. The van der Waals surface area contributed by atoms with Gasteiger partial charge < -0.3 is 5.32 Å². The van der Waals surface area contributed by atoms with Gasteiger partial charge in [0.15, 0.2) is 0 Å². The minimum Gasteiger partial charge on any atom is -0.313 e. The van der Waals surface area contributed by atoms with Crippen molar-refractivity contribution in [3.05, 3.63) is 47.2 Å². The van der Waals surface area contributed by atoms with Crippen LogP contribution in [0.4, 0.5) is 0 Å². The van der Waals surface area contributed by atoms with E-state index in [1.54, 1.807) is 17.1 Å². The molecule has 1 heterocycles. The van der Waals surface area contributed by atoms with Gasteiger partial charge in [-0.05, 0) is 30.7 Å². The molecule has 0 saturated heterocycles. The van der Waals surface area contributed by atoms with E-state index in [1.165, 1.54) is 5.56 Å². The van der Waals surface area contributed by atoms with Crippen LogP contribution in [0.2, 0.25) is 5.02 Å². The van der Waals surface area contributed by atoms with Gasteiger partial charge in [0.2, 0.25) is 0 Å². The summed E-state index contributed by atoms with van der Waals surface area (Å²) in [6, 6.07) is 8.28. The Hall–Kier alpha value is -1.32. The monoisotopic (exact) mass is 249 g/mol. The van der Waals surface area contributed by atoms with Crippen LogP contribution in [0.5, 0.6) is 0 Å². The summed E-state index contributed by atoms with van der Waals surface area (Å²) < 4.78 is 1.78. The molecular weight excluding hydrogens is 234 g/mol. The highest BCUT2D eigenvalue weighted by Crippen LogP contribution is 2.13. The lowest BCUT2D eigenvalue weighted by molar-refractivity contribution is 0.675. The van der Waals surface area contributed by atoms with E-state index in [-0.39, 0.29) is 0 Å². The molecule has 1 N–H and O–H groups in total. The summed E-state index contributed by atoms with van der Waals surface area (Å²) >= 11 is 5.86. The van der Waals surface area contributed by atoms with Crippen LogP contribution >= 0.6 is 11.6 Å². The quantitative estimate of drug-likeness (QED) is 0.826. The van der Waals surface area contributed by atoms with E-state index in [2.05, 4.69) is 29.5 Å². The molecule has 4 heteroatoms. The molecule has 2 rings (SSSR count). The van der Waals surface area contributed by atoms with Crippen LogP contribution in [0, 0.1) is 0 Å². The lowest BCUT2D eigenvalue weighted by Gasteiger charge is -2.06. The number of halogens is 1. The van der Waals surface area contributed by atoms with Crippen LogP contribution in [0.1, 0.15) is 18.9 Å². The maximum Gasteiger partial charge on any atom is 0.0790 e. The first-order valence-corrected chi connectivity index (χ1v) is 6.17. The molecule has 2 aromatic rings. The van der Waals surface area contributed by atoms with Gasteiger partial charge >= 0.3 is 0 Å². The zero-order chi connectivity index (χ0) is 12.1. The van der Waals surface area contributed by atoms with E-state index in [9.17, 15) is 0 Å². The maximum atomic E-state index is 5.86. The predicted molar refractivity (Wildman–Crippen MR) is 70.6 cm³/mol. The lowest BCUT2D eigenvalue weighted by atomic mass is 10.2. The first-order chi connectivity index (χ1) is 8.29. The number of rotatable bonds is 5. The summed E-state index contributed by atoms with van der Waals surface area (Å²) in [6.07, 6.45) is 4.60. The smallest absolute Gasteiger partial charge is 0.0790 e. The molecule has 0 saturated carbocycles. The number of aromatic nitrogens is 2. The first kappa shape index (κ1) is 12.1. The highest BCUT2D eigenvalue weighted by molar-refractivity contribution is 6.30. The van der Waals surface area contributed by atoms with Gasteiger partial charge in [0.05, 0.1) is 16.9 Å². The molecule has 0 fully saturated rings. The van der Waals surface area contributed by atoms with Crippen molar-refractivity contribution < 1.29 is 0 Å². The Morgan fingerprint density at radius 2 is 2.29 bits per heavy atom. The maximum absolute atomic E-state index is 5.86. The molecule has 0 amide bonds. The average Bonchev–Trinajstić information content (AvgIpc) is 2.77. The molecule has 1 aromatic heterocycles. The molecule has 0 radical (unpaired) electrons.